The minimum Gasteiger partial charge on any atom is -0.490 e. The zero-order valence-electron chi connectivity index (χ0n) is 26.9. The summed E-state index contributed by atoms with van der Waals surface area (Å²) in [5.41, 5.74) is 2.17. The van der Waals surface area contributed by atoms with Crippen molar-refractivity contribution >= 4 is 67.9 Å². The maximum atomic E-state index is 14.3. The number of carbonyl (C=O) groups is 2. The summed E-state index contributed by atoms with van der Waals surface area (Å²) in [6, 6.07) is 13.9. The van der Waals surface area contributed by atoms with Crippen LogP contribution in [0.1, 0.15) is 43.5 Å². The maximum absolute atomic E-state index is 14.3. The molecule has 0 amide bonds. The number of benzene rings is 3. The van der Waals surface area contributed by atoms with Crippen molar-refractivity contribution in [1.82, 2.24) is 4.57 Å². The number of nitrogens with zero attached hydrogens (tertiary/aromatic N) is 2. The maximum Gasteiger partial charge on any atom is 0.343 e. The SMILES string of the molecule is CCOC(=O)C1=C(C)N=c2s/c(=C/c3cc(Br)cc(I)c3OCc3ccc(F)cc3)c(=O)n2[C@H]1c1ccc(OCC(=O)OC)c(OCC)c1. The third kappa shape index (κ3) is 8.24. The molecule has 0 unspecified atom stereocenters. The molecule has 0 aliphatic carbocycles. The van der Waals surface area contributed by atoms with E-state index in [0.717, 1.165) is 13.6 Å². The molecule has 0 fully saturated rings. The Kier molecular flexibility index (Phi) is 11.9. The fraction of sp³-hybridized carbons (Fsp3) is 0.257. The predicted octanol–water partition coefficient (Wildman–Crippen LogP) is 5.83. The molecule has 2 heterocycles. The summed E-state index contributed by atoms with van der Waals surface area (Å²) in [7, 11) is 1.26. The van der Waals surface area contributed by atoms with Gasteiger partial charge in [-0.3, -0.25) is 9.36 Å². The predicted molar refractivity (Wildman–Crippen MR) is 193 cm³/mol. The first-order valence-corrected chi connectivity index (χ1v) is 17.8. The first kappa shape index (κ1) is 36.3. The largest absolute Gasteiger partial charge is 0.490 e. The fourth-order valence-electron chi connectivity index (χ4n) is 5.10. The Morgan fingerprint density at radius 2 is 1.80 bits per heavy atom. The molecule has 256 valence electrons. The van der Waals surface area contributed by atoms with Crippen LogP contribution < -0.4 is 29.1 Å². The number of methoxy groups -OCH3 is 1. The Morgan fingerprint density at radius 1 is 1.04 bits per heavy atom. The number of fused-ring (bicyclic) bond motifs is 1. The number of esters is 2. The molecule has 5 rings (SSSR count). The van der Waals surface area contributed by atoms with Crippen molar-refractivity contribution in [1.29, 1.82) is 0 Å². The normalized spacial score (nSPS) is 14.2. The lowest BCUT2D eigenvalue weighted by molar-refractivity contribution is -0.143. The standard InChI is InChI=1S/C35H31BrFIN2O8S/c1-5-45-27-14-21(9-12-26(27)47-18-29(41)44-4)31-30(34(43)46-6-2)19(3)39-35-40(31)33(42)28(49-35)15-22-13-23(36)16-25(38)32(22)48-17-20-7-10-24(37)11-8-20/h7-16,31H,5-6,17-18H2,1-4H3/b28-15+/t31-/m0/s1. The van der Waals surface area contributed by atoms with Crippen molar-refractivity contribution in [2.45, 2.75) is 33.4 Å². The van der Waals surface area contributed by atoms with Gasteiger partial charge in [-0.15, -0.1) is 0 Å². The second-order valence-electron chi connectivity index (χ2n) is 10.5. The summed E-state index contributed by atoms with van der Waals surface area (Å²) in [6.45, 7) is 5.47. The van der Waals surface area contributed by atoms with Crippen molar-refractivity contribution in [3.63, 3.8) is 0 Å². The smallest absolute Gasteiger partial charge is 0.343 e. The minimum absolute atomic E-state index is 0.124. The average molecular weight is 866 g/mol. The Balaban J connectivity index is 1.64. The van der Waals surface area contributed by atoms with E-state index >= 15 is 0 Å². The van der Waals surface area contributed by atoms with Crippen LogP contribution in [0.3, 0.4) is 0 Å². The van der Waals surface area contributed by atoms with Crippen molar-refractivity contribution in [2.24, 2.45) is 4.99 Å². The quantitative estimate of drug-likeness (QED) is 0.129. The van der Waals surface area contributed by atoms with Gasteiger partial charge in [0.1, 0.15) is 18.2 Å². The van der Waals surface area contributed by atoms with Crippen LogP contribution in [-0.2, 0) is 25.7 Å². The van der Waals surface area contributed by atoms with Crippen molar-refractivity contribution in [3.8, 4) is 17.2 Å². The van der Waals surface area contributed by atoms with Gasteiger partial charge in [0.15, 0.2) is 22.9 Å². The zero-order valence-corrected chi connectivity index (χ0v) is 31.4. The number of thiazole rings is 1. The molecule has 1 aliphatic rings. The van der Waals surface area contributed by atoms with Gasteiger partial charge in [-0.1, -0.05) is 45.5 Å². The van der Waals surface area contributed by atoms with Gasteiger partial charge in [0, 0.05) is 10.0 Å². The van der Waals surface area contributed by atoms with Crippen LogP contribution in [0.2, 0.25) is 0 Å². The summed E-state index contributed by atoms with van der Waals surface area (Å²) in [6.07, 6.45) is 1.73. The number of halogens is 3. The van der Waals surface area contributed by atoms with Gasteiger partial charge < -0.3 is 23.7 Å². The zero-order chi connectivity index (χ0) is 35.2. The molecule has 0 bridgehead atoms. The lowest BCUT2D eigenvalue weighted by atomic mass is 9.95. The summed E-state index contributed by atoms with van der Waals surface area (Å²) >= 11 is 6.89. The van der Waals surface area contributed by atoms with E-state index < -0.39 is 18.0 Å². The summed E-state index contributed by atoms with van der Waals surface area (Å²) in [4.78, 5) is 44.5. The minimum atomic E-state index is -0.914. The lowest BCUT2D eigenvalue weighted by Crippen LogP contribution is -2.40. The van der Waals surface area contributed by atoms with Crippen molar-refractivity contribution in [2.75, 3.05) is 26.9 Å². The molecule has 49 heavy (non-hydrogen) atoms. The van der Waals surface area contributed by atoms with Crippen LogP contribution in [-0.4, -0.2) is 43.4 Å². The van der Waals surface area contributed by atoms with Crippen molar-refractivity contribution in [3.05, 3.63) is 116 Å². The first-order valence-electron chi connectivity index (χ1n) is 15.1. The molecule has 1 aromatic heterocycles. The van der Waals surface area contributed by atoms with Gasteiger partial charge in [-0.05, 0) is 97.0 Å². The topological polar surface area (TPSA) is 115 Å². The first-order chi connectivity index (χ1) is 23.5. The Morgan fingerprint density at radius 3 is 2.49 bits per heavy atom. The molecule has 4 aromatic rings. The second-order valence-corrected chi connectivity index (χ2v) is 13.6. The molecule has 1 aliphatic heterocycles. The van der Waals surface area contributed by atoms with Gasteiger partial charge in [0.05, 0.1) is 45.7 Å². The van der Waals surface area contributed by atoms with Crippen LogP contribution in [0.5, 0.6) is 17.2 Å². The molecule has 0 radical (unpaired) electrons. The van der Waals surface area contributed by atoms with Gasteiger partial charge >= 0.3 is 11.9 Å². The van der Waals surface area contributed by atoms with E-state index in [2.05, 4.69) is 48.3 Å². The summed E-state index contributed by atoms with van der Waals surface area (Å²) in [5.74, 6) is -0.358. The van der Waals surface area contributed by atoms with Crippen LogP contribution in [0.4, 0.5) is 4.39 Å². The molecule has 0 saturated carbocycles. The summed E-state index contributed by atoms with van der Waals surface area (Å²) < 4.78 is 44.7. The lowest BCUT2D eigenvalue weighted by Gasteiger charge is -2.25. The number of hydrogen-bond acceptors (Lipinski definition) is 10. The highest BCUT2D eigenvalue weighted by atomic mass is 127. The average Bonchev–Trinajstić information content (AvgIpc) is 3.37. The van der Waals surface area contributed by atoms with E-state index in [4.69, 9.17) is 18.9 Å². The van der Waals surface area contributed by atoms with Crippen molar-refractivity contribution < 1.29 is 37.7 Å². The second kappa shape index (κ2) is 16.1. The number of ether oxygens (including phenoxy) is 5. The highest BCUT2D eigenvalue weighted by Crippen LogP contribution is 2.37. The number of aromatic nitrogens is 1. The number of carbonyl (C=O) groups excluding carboxylic acids is 2. The molecule has 14 heteroatoms. The van der Waals surface area contributed by atoms with Gasteiger partial charge in [0.25, 0.3) is 5.56 Å². The molecule has 0 N–H and O–H groups in total. The Bertz CT molecular complexity index is 2110. The molecular formula is C35H31BrFIN2O8S. The van der Waals surface area contributed by atoms with Crippen LogP contribution >= 0.6 is 49.9 Å². The van der Waals surface area contributed by atoms with Gasteiger partial charge in [-0.2, -0.15) is 0 Å². The number of allylic oxidation sites excluding steroid dienone is 1. The Hall–Kier alpha value is -4.02. The van der Waals surface area contributed by atoms with E-state index in [9.17, 15) is 18.8 Å². The number of rotatable bonds is 12. The van der Waals surface area contributed by atoms with Gasteiger partial charge in [0.2, 0.25) is 0 Å². The molecule has 3 aromatic carbocycles. The Labute approximate surface area is 307 Å². The van der Waals surface area contributed by atoms with Crippen LogP contribution in [0, 0.1) is 9.39 Å². The molecule has 10 nitrogen and oxygen atoms in total. The van der Waals surface area contributed by atoms with E-state index in [-0.39, 0.29) is 43.4 Å². The monoisotopic (exact) mass is 864 g/mol. The highest BCUT2D eigenvalue weighted by molar-refractivity contribution is 14.1. The third-order valence-electron chi connectivity index (χ3n) is 7.29. The van der Waals surface area contributed by atoms with E-state index in [1.165, 1.54) is 35.1 Å². The highest BCUT2D eigenvalue weighted by Gasteiger charge is 2.34. The van der Waals surface area contributed by atoms with E-state index in [1.807, 2.05) is 12.1 Å². The summed E-state index contributed by atoms with van der Waals surface area (Å²) in [5, 5.41) is 0. The molecular weight excluding hydrogens is 834 g/mol. The van der Waals surface area contributed by atoms with Crippen LogP contribution in [0.15, 0.2) is 80.1 Å². The fourth-order valence-corrected chi connectivity index (χ4v) is 7.85. The molecule has 0 saturated heterocycles. The van der Waals surface area contributed by atoms with Crippen LogP contribution in [0.25, 0.3) is 6.08 Å². The van der Waals surface area contributed by atoms with E-state index in [0.29, 0.717) is 43.4 Å². The third-order valence-corrected chi connectivity index (χ3v) is 9.54. The van der Waals surface area contributed by atoms with Gasteiger partial charge in [-0.25, -0.2) is 19.0 Å². The van der Waals surface area contributed by atoms with E-state index in [1.54, 1.807) is 57.2 Å². The molecule has 0 spiro atoms. The number of hydrogen-bond donors (Lipinski definition) is 0. The molecule has 1 atom stereocenters.